The van der Waals surface area contributed by atoms with E-state index in [1.807, 2.05) is 0 Å². The van der Waals surface area contributed by atoms with E-state index >= 15 is 0 Å². The van der Waals surface area contributed by atoms with Crippen LogP contribution in [0.25, 0.3) is 0 Å². The second-order valence-corrected chi connectivity index (χ2v) is 3.40. The van der Waals surface area contributed by atoms with Crippen molar-refractivity contribution in [3.8, 4) is 0 Å². The first-order valence-electron chi connectivity index (χ1n) is 4.48. The molecule has 0 aliphatic heterocycles. The molecule has 0 aromatic heterocycles. The number of rotatable bonds is 3. The van der Waals surface area contributed by atoms with Crippen molar-refractivity contribution < 1.29 is 17.9 Å². The number of hydrogen-bond acceptors (Lipinski definition) is 1. The molecular weight excluding hydrogens is 205 g/mol. The zero-order valence-corrected chi connectivity index (χ0v) is 8.56. The van der Waals surface area contributed by atoms with Gasteiger partial charge in [0, 0.05) is 0 Å². The van der Waals surface area contributed by atoms with Crippen LogP contribution in [-0.4, -0.2) is 0 Å². The standard InChI is InChI=1S/C11H12F3O/c1-8(2)15-7-9-4-3-5-10(6-9)11(12,13)14/h3-6H,7H2,1-2H3. The van der Waals surface area contributed by atoms with Crippen LogP contribution in [0.15, 0.2) is 24.3 Å². The average molecular weight is 217 g/mol. The van der Waals surface area contributed by atoms with Crippen molar-refractivity contribution in [2.75, 3.05) is 0 Å². The van der Waals surface area contributed by atoms with Crippen LogP contribution >= 0.6 is 0 Å². The van der Waals surface area contributed by atoms with E-state index in [0.29, 0.717) is 5.56 Å². The molecule has 0 bridgehead atoms. The van der Waals surface area contributed by atoms with E-state index in [1.54, 1.807) is 19.9 Å². The number of hydrogen-bond donors (Lipinski definition) is 0. The molecule has 4 heteroatoms. The zero-order chi connectivity index (χ0) is 11.5. The van der Waals surface area contributed by atoms with Crippen molar-refractivity contribution in [3.05, 3.63) is 41.5 Å². The van der Waals surface area contributed by atoms with Gasteiger partial charge >= 0.3 is 6.18 Å². The van der Waals surface area contributed by atoms with Crippen LogP contribution in [-0.2, 0) is 17.5 Å². The number of halogens is 3. The molecule has 1 aromatic rings. The van der Waals surface area contributed by atoms with Crippen LogP contribution in [0.4, 0.5) is 13.2 Å². The highest BCUT2D eigenvalue weighted by molar-refractivity contribution is 5.25. The fourth-order valence-corrected chi connectivity index (χ4v) is 1.07. The molecule has 1 radical (unpaired) electrons. The molecule has 1 nitrogen and oxygen atoms in total. The third-order valence-corrected chi connectivity index (χ3v) is 1.78. The van der Waals surface area contributed by atoms with E-state index in [-0.39, 0.29) is 6.61 Å². The molecule has 0 aliphatic carbocycles. The summed E-state index contributed by atoms with van der Waals surface area (Å²) in [6, 6.07) is 5.14. The molecule has 0 heterocycles. The van der Waals surface area contributed by atoms with Gasteiger partial charge < -0.3 is 4.74 Å². The van der Waals surface area contributed by atoms with Gasteiger partial charge in [-0.2, -0.15) is 13.2 Å². The van der Waals surface area contributed by atoms with E-state index in [2.05, 4.69) is 0 Å². The van der Waals surface area contributed by atoms with Crippen LogP contribution in [0.5, 0.6) is 0 Å². The van der Waals surface area contributed by atoms with E-state index in [0.717, 1.165) is 18.2 Å². The maximum Gasteiger partial charge on any atom is 0.416 e. The summed E-state index contributed by atoms with van der Waals surface area (Å²) in [6.45, 7) is 3.69. The molecule has 0 unspecified atom stereocenters. The number of benzene rings is 1. The largest absolute Gasteiger partial charge is 0.416 e. The van der Waals surface area contributed by atoms with Gasteiger partial charge in [-0.15, -0.1) is 0 Å². The lowest BCUT2D eigenvalue weighted by atomic mass is 10.1. The fourth-order valence-electron chi connectivity index (χ4n) is 1.07. The van der Waals surface area contributed by atoms with Crippen LogP contribution in [0.3, 0.4) is 0 Å². The monoisotopic (exact) mass is 217 g/mol. The molecule has 1 rings (SSSR count). The highest BCUT2D eigenvalue weighted by Crippen LogP contribution is 2.29. The van der Waals surface area contributed by atoms with Crippen molar-refractivity contribution in [1.82, 2.24) is 0 Å². The third-order valence-electron chi connectivity index (χ3n) is 1.78. The van der Waals surface area contributed by atoms with Crippen LogP contribution in [0.2, 0.25) is 0 Å². The zero-order valence-electron chi connectivity index (χ0n) is 8.56. The SMILES string of the molecule is C[C](C)OCc1cccc(C(F)(F)F)c1. The quantitative estimate of drug-likeness (QED) is 0.748. The molecule has 1 aromatic carbocycles. The Hall–Kier alpha value is -1.03. The Bertz CT molecular complexity index is 318. The highest BCUT2D eigenvalue weighted by Gasteiger charge is 2.30. The molecule has 0 amide bonds. The van der Waals surface area contributed by atoms with Crippen molar-refractivity contribution in [3.63, 3.8) is 0 Å². The summed E-state index contributed by atoms with van der Waals surface area (Å²) in [5.74, 6) is 0. The van der Waals surface area contributed by atoms with Gasteiger partial charge in [0.1, 0.15) is 0 Å². The Morgan fingerprint density at radius 1 is 1.27 bits per heavy atom. The van der Waals surface area contributed by atoms with E-state index in [4.69, 9.17) is 4.74 Å². The van der Waals surface area contributed by atoms with Crippen molar-refractivity contribution in [2.24, 2.45) is 0 Å². The minimum Gasteiger partial charge on any atom is -0.368 e. The van der Waals surface area contributed by atoms with Gasteiger partial charge in [0.25, 0.3) is 0 Å². The summed E-state index contributed by atoms with van der Waals surface area (Å²) < 4.78 is 42.1. The Morgan fingerprint density at radius 2 is 1.93 bits per heavy atom. The Kier molecular flexibility index (Phi) is 3.74. The van der Waals surface area contributed by atoms with E-state index in [1.165, 1.54) is 6.07 Å². The first kappa shape index (κ1) is 12.0. The molecule has 15 heavy (non-hydrogen) atoms. The topological polar surface area (TPSA) is 9.23 Å². The minimum absolute atomic E-state index is 0.173. The predicted molar refractivity (Wildman–Crippen MR) is 50.8 cm³/mol. The number of ether oxygens (including phenoxy) is 1. The fraction of sp³-hybridized carbons (Fsp3) is 0.364. The summed E-state index contributed by atoms with van der Waals surface area (Å²) in [5.41, 5.74) is -0.122. The molecule has 83 valence electrons. The maximum atomic E-state index is 12.3. The van der Waals surface area contributed by atoms with Gasteiger partial charge in [-0.3, -0.25) is 0 Å². The smallest absolute Gasteiger partial charge is 0.368 e. The van der Waals surface area contributed by atoms with Gasteiger partial charge in [-0.25, -0.2) is 0 Å². The second-order valence-electron chi connectivity index (χ2n) is 3.40. The third kappa shape index (κ3) is 3.91. The lowest BCUT2D eigenvalue weighted by Gasteiger charge is -2.10. The molecule has 0 aliphatic rings. The van der Waals surface area contributed by atoms with Crippen LogP contribution in [0, 0.1) is 6.10 Å². The lowest BCUT2D eigenvalue weighted by molar-refractivity contribution is -0.137. The van der Waals surface area contributed by atoms with Crippen LogP contribution in [0.1, 0.15) is 25.0 Å². The summed E-state index contributed by atoms with van der Waals surface area (Å²) >= 11 is 0. The summed E-state index contributed by atoms with van der Waals surface area (Å²) in [4.78, 5) is 0. The Balaban J connectivity index is 2.75. The summed E-state index contributed by atoms with van der Waals surface area (Å²) in [7, 11) is 0. The van der Waals surface area contributed by atoms with Crippen molar-refractivity contribution in [1.29, 1.82) is 0 Å². The molecule has 0 atom stereocenters. The lowest BCUT2D eigenvalue weighted by Crippen LogP contribution is -2.05. The molecule has 0 N–H and O–H groups in total. The second kappa shape index (κ2) is 4.66. The van der Waals surface area contributed by atoms with E-state index in [9.17, 15) is 13.2 Å². The first-order valence-corrected chi connectivity index (χ1v) is 4.48. The Labute approximate surface area is 86.9 Å². The normalized spacial score (nSPS) is 12.1. The minimum atomic E-state index is -4.29. The molecule has 0 saturated heterocycles. The molecule has 0 spiro atoms. The van der Waals surface area contributed by atoms with Gasteiger partial charge in [0.15, 0.2) is 0 Å². The summed E-state index contributed by atoms with van der Waals surface area (Å²) in [5, 5.41) is 0. The van der Waals surface area contributed by atoms with Gasteiger partial charge in [-0.1, -0.05) is 12.1 Å². The summed E-state index contributed by atoms with van der Waals surface area (Å²) in [6.07, 6.45) is -3.56. The van der Waals surface area contributed by atoms with Crippen molar-refractivity contribution in [2.45, 2.75) is 26.6 Å². The molecule has 0 saturated carbocycles. The van der Waals surface area contributed by atoms with Crippen LogP contribution < -0.4 is 0 Å². The average Bonchev–Trinajstić information content (AvgIpc) is 2.14. The highest BCUT2D eigenvalue weighted by atomic mass is 19.4. The van der Waals surface area contributed by atoms with Crippen molar-refractivity contribution >= 4 is 0 Å². The maximum absolute atomic E-state index is 12.3. The Morgan fingerprint density at radius 3 is 2.47 bits per heavy atom. The number of alkyl halides is 3. The van der Waals surface area contributed by atoms with Gasteiger partial charge in [0.2, 0.25) is 0 Å². The molecule has 0 fully saturated rings. The van der Waals surface area contributed by atoms with Gasteiger partial charge in [-0.05, 0) is 31.5 Å². The van der Waals surface area contributed by atoms with E-state index < -0.39 is 11.7 Å². The van der Waals surface area contributed by atoms with Gasteiger partial charge in [0.05, 0.1) is 18.3 Å². The predicted octanol–water partition coefficient (Wildman–Crippen LogP) is 3.79. The molecular formula is C11H12F3O. The first-order chi connectivity index (χ1) is 6.89.